The number of urea groups is 1. The number of benzene rings is 3. The van der Waals surface area contributed by atoms with Crippen molar-refractivity contribution in [3.05, 3.63) is 82.9 Å². The molecule has 1 heterocycles. The van der Waals surface area contributed by atoms with Crippen LogP contribution >= 0.6 is 0 Å². The molecule has 9 heteroatoms. The molecule has 3 aromatic carbocycles. The van der Waals surface area contributed by atoms with Crippen LogP contribution in [-0.4, -0.2) is 44.1 Å². The number of rotatable bonds is 4. The Hall–Kier alpha value is -4.01. The normalized spacial score (nSPS) is 15.5. The largest absolute Gasteiger partial charge is 0.493 e. The number of ether oxygens (including phenoxy) is 2. The summed E-state index contributed by atoms with van der Waals surface area (Å²) in [5.41, 5.74) is 3.30. The summed E-state index contributed by atoms with van der Waals surface area (Å²) in [5, 5.41) is 8.73. The van der Waals surface area contributed by atoms with E-state index in [1.165, 1.54) is 18.1 Å². The summed E-state index contributed by atoms with van der Waals surface area (Å²) in [6.07, 6.45) is -3.90. The van der Waals surface area contributed by atoms with E-state index in [0.717, 1.165) is 23.3 Å². The number of carbonyl (C=O) groups excluding carboxylic acids is 1. The Kier molecular flexibility index (Phi) is 6.92. The zero-order chi connectivity index (χ0) is 26.0. The number of nitrogens with zero attached hydrogens (tertiary/aromatic N) is 2. The van der Waals surface area contributed by atoms with Crippen LogP contribution < -0.4 is 14.8 Å². The first-order chi connectivity index (χ1) is 17.2. The van der Waals surface area contributed by atoms with Crippen LogP contribution in [0.3, 0.4) is 0 Å². The maximum atomic E-state index is 13.2. The summed E-state index contributed by atoms with van der Waals surface area (Å²) in [6.45, 7) is 1.90. The number of alkyl halides is 3. The minimum absolute atomic E-state index is 0.247. The molecule has 1 N–H and O–H groups in total. The van der Waals surface area contributed by atoms with Gasteiger partial charge in [-0.15, -0.1) is 0 Å². The maximum Gasteiger partial charge on any atom is 0.416 e. The van der Waals surface area contributed by atoms with Crippen molar-refractivity contribution < 1.29 is 27.4 Å². The molecule has 188 valence electrons. The number of hydrogen-bond donors (Lipinski definition) is 1. The molecule has 1 aliphatic rings. The first-order valence-electron chi connectivity index (χ1n) is 11.3. The van der Waals surface area contributed by atoms with E-state index < -0.39 is 11.7 Å². The van der Waals surface area contributed by atoms with E-state index in [0.29, 0.717) is 40.3 Å². The summed E-state index contributed by atoms with van der Waals surface area (Å²) in [7, 11) is 4.64. The fourth-order valence-electron chi connectivity index (χ4n) is 4.24. The number of hydrazone groups is 1. The van der Waals surface area contributed by atoms with E-state index in [1.807, 2.05) is 19.1 Å². The molecule has 0 saturated heterocycles. The lowest BCUT2D eigenvalue weighted by atomic mass is 9.93. The van der Waals surface area contributed by atoms with Crippen molar-refractivity contribution in [2.45, 2.75) is 25.6 Å². The maximum absolute atomic E-state index is 13.2. The lowest BCUT2D eigenvalue weighted by Crippen LogP contribution is -2.41. The SMILES string of the molecule is CNC(=O)N1N=C(c2ccc(-c3cccc(C(F)(F)F)c3)cc2)c2cc(OC)c(OC)cc2CC1C. The second-order valence-corrected chi connectivity index (χ2v) is 8.42. The molecule has 6 nitrogen and oxygen atoms in total. The molecular formula is C27H26F3N3O3. The Morgan fingerprint density at radius 1 is 0.972 bits per heavy atom. The molecule has 2 amide bonds. The molecule has 3 aromatic rings. The van der Waals surface area contributed by atoms with Crippen LogP contribution in [0.5, 0.6) is 11.5 Å². The number of hydrogen-bond acceptors (Lipinski definition) is 4. The molecular weight excluding hydrogens is 471 g/mol. The smallest absolute Gasteiger partial charge is 0.416 e. The summed E-state index contributed by atoms with van der Waals surface area (Å²) in [5.74, 6) is 1.08. The van der Waals surface area contributed by atoms with E-state index in [4.69, 9.17) is 14.6 Å². The quantitative estimate of drug-likeness (QED) is 0.501. The van der Waals surface area contributed by atoms with Gasteiger partial charge < -0.3 is 14.8 Å². The third kappa shape index (κ3) is 4.86. The lowest BCUT2D eigenvalue weighted by Gasteiger charge is -2.22. The molecule has 0 fully saturated rings. The van der Waals surface area contributed by atoms with Gasteiger partial charge in [-0.3, -0.25) is 0 Å². The first kappa shape index (κ1) is 25.1. The van der Waals surface area contributed by atoms with Crippen molar-refractivity contribution in [3.8, 4) is 22.6 Å². The van der Waals surface area contributed by atoms with E-state index in [9.17, 15) is 18.0 Å². The van der Waals surface area contributed by atoms with Crippen molar-refractivity contribution in [1.29, 1.82) is 0 Å². The predicted octanol–water partition coefficient (Wildman–Crippen LogP) is 5.73. The first-order valence-corrected chi connectivity index (χ1v) is 11.3. The third-order valence-corrected chi connectivity index (χ3v) is 6.11. The molecule has 0 aliphatic carbocycles. The van der Waals surface area contributed by atoms with Crippen molar-refractivity contribution in [1.82, 2.24) is 10.3 Å². The number of methoxy groups -OCH3 is 2. The molecule has 1 aliphatic heterocycles. The number of carbonyl (C=O) groups is 1. The van der Waals surface area contributed by atoms with Gasteiger partial charge in [0.05, 0.1) is 31.5 Å². The van der Waals surface area contributed by atoms with Crippen LogP contribution in [0.1, 0.15) is 29.2 Å². The Morgan fingerprint density at radius 3 is 2.22 bits per heavy atom. The van der Waals surface area contributed by atoms with Gasteiger partial charge in [-0.25, -0.2) is 9.80 Å². The second kappa shape index (κ2) is 9.93. The van der Waals surface area contributed by atoms with Gasteiger partial charge in [-0.1, -0.05) is 36.4 Å². The number of amides is 2. The van der Waals surface area contributed by atoms with Crippen molar-refractivity contribution in [3.63, 3.8) is 0 Å². The minimum atomic E-state index is -4.42. The van der Waals surface area contributed by atoms with Crippen LogP contribution in [0.4, 0.5) is 18.0 Å². The van der Waals surface area contributed by atoms with Crippen LogP contribution in [-0.2, 0) is 12.6 Å². The van der Waals surface area contributed by atoms with E-state index in [-0.39, 0.29) is 12.1 Å². The molecule has 0 aromatic heterocycles. The second-order valence-electron chi connectivity index (χ2n) is 8.42. The average Bonchev–Trinajstić information content (AvgIpc) is 3.02. The summed E-state index contributed by atoms with van der Waals surface area (Å²) in [4.78, 5) is 12.6. The van der Waals surface area contributed by atoms with Crippen LogP contribution in [0.15, 0.2) is 65.8 Å². The van der Waals surface area contributed by atoms with E-state index >= 15 is 0 Å². The fourth-order valence-corrected chi connectivity index (χ4v) is 4.24. The Labute approximate surface area is 207 Å². The van der Waals surface area contributed by atoms with Gasteiger partial charge in [0.2, 0.25) is 0 Å². The van der Waals surface area contributed by atoms with Crippen LogP contribution in [0.2, 0.25) is 0 Å². The highest BCUT2D eigenvalue weighted by atomic mass is 19.4. The van der Waals surface area contributed by atoms with Crippen LogP contribution in [0, 0.1) is 0 Å². The van der Waals surface area contributed by atoms with E-state index in [1.54, 1.807) is 44.6 Å². The standard InChI is InChI=1S/C27H26F3N3O3/c1-16-12-20-14-23(35-3)24(36-4)15-22(20)25(32-33(16)26(34)31-2)18-10-8-17(9-11-18)19-6-5-7-21(13-19)27(28,29)30/h5-11,13-16H,12H2,1-4H3,(H,31,34). The molecule has 0 spiro atoms. The molecule has 1 atom stereocenters. The summed E-state index contributed by atoms with van der Waals surface area (Å²) in [6, 6.07) is 15.4. The molecule has 1 unspecified atom stereocenters. The summed E-state index contributed by atoms with van der Waals surface area (Å²) < 4.78 is 50.5. The minimum Gasteiger partial charge on any atom is -0.493 e. The fraction of sp³-hybridized carbons (Fsp3) is 0.259. The highest BCUT2D eigenvalue weighted by Gasteiger charge is 2.31. The lowest BCUT2D eigenvalue weighted by molar-refractivity contribution is -0.137. The van der Waals surface area contributed by atoms with Crippen molar-refractivity contribution >= 4 is 11.7 Å². The number of halogens is 3. The van der Waals surface area contributed by atoms with Gasteiger partial charge in [0.1, 0.15) is 0 Å². The van der Waals surface area contributed by atoms with Crippen LogP contribution in [0.25, 0.3) is 11.1 Å². The van der Waals surface area contributed by atoms with Gasteiger partial charge >= 0.3 is 12.2 Å². The van der Waals surface area contributed by atoms with Gasteiger partial charge in [0, 0.05) is 18.2 Å². The highest BCUT2D eigenvalue weighted by Crippen LogP contribution is 2.35. The zero-order valence-corrected chi connectivity index (χ0v) is 20.3. The molecule has 0 saturated carbocycles. The predicted molar refractivity (Wildman–Crippen MR) is 132 cm³/mol. The number of nitrogens with one attached hydrogen (secondary N) is 1. The van der Waals surface area contributed by atoms with Crippen molar-refractivity contribution in [2.75, 3.05) is 21.3 Å². The highest BCUT2D eigenvalue weighted by molar-refractivity contribution is 6.14. The van der Waals surface area contributed by atoms with Gasteiger partial charge in [0.15, 0.2) is 11.5 Å². The van der Waals surface area contributed by atoms with E-state index in [2.05, 4.69) is 5.32 Å². The van der Waals surface area contributed by atoms with Gasteiger partial charge in [-0.2, -0.15) is 18.3 Å². The molecule has 4 rings (SSSR count). The van der Waals surface area contributed by atoms with Gasteiger partial charge in [-0.05, 0) is 54.3 Å². The third-order valence-electron chi connectivity index (χ3n) is 6.11. The van der Waals surface area contributed by atoms with Gasteiger partial charge in [0.25, 0.3) is 0 Å². The van der Waals surface area contributed by atoms with Crippen molar-refractivity contribution in [2.24, 2.45) is 5.10 Å². The average molecular weight is 498 g/mol. The Bertz CT molecular complexity index is 1300. The monoisotopic (exact) mass is 497 g/mol. The zero-order valence-electron chi connectivity index (χ0n) is 20.3. The Morgan fingerprint density at radius 2 is 1.61 bits per heavy atom. The topological polar surface area (TPSA) is 63.2 Å². The Balaban J connectivity index is 1.82. The number of fused-ring (bicyclic) bond motifs is 1. The molecule has 0 bridgehead atoms. The molecule has 0 radical (unpaired) electrons. The summed E-state index contributed by atoms with van der Waals surface area (Å²) >= 11 is 0. The molecule has 36 heavy (non-hydrogen) atoms.